The molecule has 17 heavy (non-hydrogen) atoms. The number of aliphatic hydroxyl groups is 1. The summed E-state index contributed by atoms with van der Waals surface area (Å²) in [6.07, 6.45) is 5.51. The topological polar surface area (TPSA) is 57.6 Å². The molecule has 5 rings (SSSR count). The summed E-state index contributed by atoms with van der Waals surface area (Å²) in [5.74, 6) is 1.55. The van der Waals surface area contributed by atoms with E-state index in [1.54, 1.807) is 0 Å². The lowest BCUT2D eigenvalue weighted by atomic mass is 9.63. The lowest BCUT2D eigenvalue weighted by molar-refractivity contribution is -0.140. The van der Waals surface area contributed by atoms with E-state index < -0.39 is 0 Å². The zero-order chi connectivity index (χ0) is 11.7. The number of likely N-dealkylation sites (tertiary alicyclic amines) is 1. The highest BCUT2D eigenvalue weighted by atomic mass is 16.3. The van der Waals surface area contributed by atoms with Crippen molar-refractivity contribution in [2.24, 2.45) is 35.5 Å². The largest absolute Gasteiger partial charge is 0.395 e. The summed E-state index contributed by atoms with van der Waals surface area (Å²) in [4.78, 5) is 25.8. The van der Waals surface area contributed by atoms with E-state index in [9.17, 15) is 9.59 Å². The van der Waals surface area contributed by atoms with Crippen LogP contribution in [0.25, 0.3) is 0 Å². The summed E-state index contributed by atoms with van der Waals surface area (Å²) < 4.78 is 0. The van der Waals surface area contributed by atoms with Crippen molar-refractivity contribution in [3.8, 4) is 0 Å². The van der Waals surface area contributed by atoms with E-state index in [0.717, 1.165) is 0 Å². The number of amides is 2. The van der Waals surface area contributed by atoms with Gasteiger partial charge in [-0.05, 0) is 30.1 Å². The smallest absolute Gasteiger partial charge is 0.233 e. The zero-order valence-electron chi connectivity index (χ0n) is 9.45. The third kappa shape index (κ3) is 1.03. The molecule has 1 N–H and O–H groups in total. The molecule has 4 aliphatic carbocycles. The van der Waals surface area contributed by atoms with Crippen molar-refractivity contribution in [2.75, 3.05) is 13.2 Å². The van der Waals surface area contributed by atoms with Gasteiger partial charge in [0.2, 0.25) is 11.8 Å². The van der Waals surface area contributed by atoms with Crippen LogP contribution < -0.4 is 0 Å². The lowest BCUT2D eigenvalue weighted by Crippen LogP contribution is -2.40. The average Bonchev–Trinajstić information content (AvgIpc) is 3.11. The summed E-state index contributed by atoms with van der Waals surface area (Å²) >= 11 is 0. The molecule has 0 aromatic heterocycles. The van der Waals surface area contributed by atoms with Crippen LogP contribution >= 0.6 is 0 Å². The third-order valence-electron chi connectivity index (χ3n) is 5.08. The summed E-state index contributed by atoms with van der Waals surface area (Å²) in [7, 11) is 0. The Labute approximate surface area is 99.3 Å². The molecule has 4 nitrogen and oxygen atoms in total. The van der Waals surface area contributed by atoms with Crippen molar-refractivity contribution in [1.29, 1.82) is 0 Å². The van der Waals surface area contributed by atoms with E-state index in [0.29, 0.717) is 11.8 Å². The number of hydrogen-bond acceptors (Lipinski definition) is 3. The number of nitrogens with zero attached hydrogens (tertiary/aromatic N) is 1. The fourth-order valence-electron chi connectivity index (χ4n) is 4.34. The minimum absolute atomic E-state index is 0.0428. The van der Waals surface area contributed by atoms with Crippen molar-refractivity contribution in [1.82, 2.24) is 4.90 Å². The highest BCUT2D eigenvalue weighted by molar-refractivity contribution is 6.06. The van der Waals surface area contributed by atoms with Crippen LogP contribution in [-0.2, 0) is 9.59 Å². The summed E-state index contributed by atoms with van der Waals surface area (Å²) in [6.45, 7) is 0.0337. The van der Waals surface area contributed by atoms with E-state index in [1.165, 1.54) is 11.3 Å². The number of imide groups is 1. The van der Waals surface area contributed by atoms with Gasteiger partial charge in [-0.2, -0.15) is 0 Å². The van der Waals surface area contributed by atoms with Crippen molar-refractivity contribution >= 4 is 11.8 Å². The van der Waals surface area contributed by atoms with E-state index in [1.807, 2.05) is 0 Å². The number of carbonyl (C=O) groups is 2. The molecule has 90 valence electrons. The Kier molecular flexibility index (Phi) is 1.73. The predicted octanol–water partition coefficient (Wildman–Crippen LogP) is 0.0318. The van der Waals surface area contributed by atoms with Gasteiger partial charge in [-0.1, -0.05) is 12.2 Å². The minimum Gasteiger partial charge on any atom is -0.395 e. The van der Waals surface area contributed by atoms with Gasteiger partial charge in [0.15, 0.2) is 0 Å². The van der Waals surface area contributed by atoms with Crippen LogP contribution in [0.1, 0.15) is 6.42 Å². The van der Waals surface area contributed by atoms with Gasteiger partial charge in [-0.3, -0.25) is 14.5 Å². The number of carbonyl (C=O) groups excluding carboxylic acids is 2. The van der Waals surface area contributed by atoms with E-state index in [4.69, 9.17) is 5.11 Å². The maximum absolute atomic E-state index is 12.3. The predicted molar refractivity (Wildman–Crippen MR) is 58.5 cm³/mol. The fourth-order valence-corrected chi connectivity index (χ4v) is 4.34. The number of rotatable bonds is 2. The monoisotopic (exact) mass is 233 g/mol. The Morgan fingerprint density at radius 1 is 1.12 bits per heavy atom. The Bertz CT molecular complexity index is 408. The van der Waals surface area contributed by atoms with E-state index >= 15 is 0 Å². The molecule has 3 fully saturated rings. The average molecular weight is 233 g/mol. The van der Waals surface area contributed by atoms with Gasteiger partial charge >= 0.3 is 0 Å². The molecule has 0 radical (unpaired) electrons. The summed E-state index contributed by atoms with van der Waals surface area (Å²) in [5.41, 5.74) is 0. The first-order valence-corrected chi connectivity index (χ1v) is 6.38. The second kappa shape index (κ2) is 2.99. The standard InChI is InChI=1S/C13H15NO3/c15-4-3-14-12(16)10-6-1-2-7(9-5-8(6)9)11(10)13(14)17/h1-2,6-11,15H,3-5H2/t6-,7-,8-,9-,10+,11+/m0/s1. The summed E-state index contributed by atoms with van der Waals surface area (Å²) in [6, 6.07) is 0. The van der Waals surface area contributed by atoms with Crippen molar-refractivity contribution < 1.29 is 14.7 Å². The molecule has 1 aliphatic heterocycles. The second-order valence-corrected chi connectivity index (χ2v) is 5.71. The molecule has 1 heterocycles. The van der Waals surface area contributed by atoms with Gasteiger partial charge in [0.1, 0.15) is 0 Å². The molecule has 0 unspecified atom stereocenters. The Hall–Kier alpha value is -1.16. The first kappa shape index (κ1) is 9.83. The number of allylic oxidation sites excluding steroid dienone is 2. The molecule has 2 amide bonds. The SMILES string of the molecule is O=C1[C@@H]2[C@H]3C=C[C@@H]([C@@H]4C[C@@H]34)[C@H]2C(=O)N1CCO. The first-order chi connectivity index (χ1) is 8.24. The van der Waals surface area contributed by atoms with Crippen LogP contribution in [0.4, 0.5) is 0 Å². The van der Waals surface area contributed by atoms with Crippen LogP contribution in [0.15, 0.2) is 12.2 Å². The number of hydrogen-bond donors (Lipinski definition) is 1. The third-order valence-corrected chi connectivity index (χ3v) is 5.08. The maximum atomic E-state index is 12.3. The quantitative estimate of drug-likeness (QED) is 0.541. The fraction of sp³-hybridized carbons (Fsp3) is 0.692. The first-order valence-electron chi connectivity index (χ1n) is 6.38. The molecule has 5 aliphatic rings. The molecule has 6 atom stereocenters. The van der Waals surface area contributed by atoms with E-state index in [2.05, 4.69) is 12.2 Å². The number of β-amino-alcohol motifs (C(OH)–C–C–N with tert-alkyl or cyclic N) is 1. The van der Waals surface area contributed by atoms with Crippen LogP contribution in [0.3, 0.4) is 0 Å². The van der Waals surface area contributed by atoms with Crippen LogP contribution in [0, 0.1) is 35.5 Å². The minimum atomic E-state index is -0.132. The highest BCUT2D eigenvalue weighted by Crippen LogP contribution is 2.65. The normalized spacial score (nSPS) is 49.6. The summed E-state index contributed by atoms with van der Waals surface area (Å²) in [5, 5.41) is 8.94. The molecule has 0 aromatic carbocycles. The second-order valence-electron chi connectivity index (χ2n) is 5.71. The van der Waals surface area contributed by atoms with Gasteiger partial charge < -0.3 is 5.11 Å². The maximum Gasteiger partial charge on any atom is 0.233 e. The Balaban J connectivity index is 1.74. The van der Waals surface area contributed by atoms with Gasteiger partial charge in [0.05, 0.1) is 25.0 Å². The number of aliphatic hydroxyl groups excluding tert-OH is 1. The van der Waals surface area contributed by atoms with Crippen LogP contribution in [0.5, 0.6) is 0 Å². The lowest BCUT2D eigenvalue weighted by Gasteiger charge is -2.37. The van der Waals surface area contributed by atoms with Gasteiger partial charge in [-0.15, -0.1) is 0 Å². The van der Waals surface area contributed by atoms with E-state index in [-0.39, 0.29) is 48.6 Å². The Morgan fingerprint density at radius 2 is 1.65 bits per heavy atom. The molecule has 4 heteroatoms. The molecular weight excluding hydrogens is 218 g/mol. The van der Waals surface area contributed by atoms with Crippen molar-refractivity contribution in [3.63, 3.8) is 0 Å². The highest BCUT2D eigenvalue weighted by Gasteiger charge is 2.66. The zero-order valence-corrected chi connectivity index (χ0v) is 9.45. The van der Waals surface area contributed by atoms with Crippen LogP contribution in [0.2, 0.25) is 0 Å². The molecule has 1 saturated heterocycles. The molecular formula is C13H15NO3. The molecule has 2 bridgehead atoms. The molecule has 0 aromatic rings. The molecule has 0 spiro atoms. The van der Waals surface area contributed by atoms with Gasteiger partial charge in [0.25, 0.3) is 0 Å². The van der Waals surface area contributed by atoms with Crippen molar-refractivity contribution in [2.45, 2.75) is 6.42 Å². The van der Waals surface area contributed by atoms with Crippen LogP contribution in [-0.4, -0.2) is 35.0 Å². The molecule has 2 saturated carbocycles. The van der Waals surface area contributed by atoms with Gasteiger partial charge in [0, 0.05) is 0 Å². The van der Waals surface area contributed by atoms with Gasteiger partial charge in [-0.25, -0.2) is 0 Å². The Morgan fingerprint density at radius 3 is 2.12 bits per heavy atom. The van der Waals surface area contributed by atoms with Crippen molar-refractivity contribution in [3.05, 3.63) is 12.2 Å².